The molecule has 78 valence electrons. The largest absolute Gasteiger partial charge is 0.493 e. The molecule has 0 atom stereocenters. The number of ether oxygens (including phenoxy) is 1. The zero-order chi connectivity index (χ0) is 10.4. The second-order valence-corrected chi connectivity index (χ2v) is 3.89. The third kappa shape index (κ3) is 3.06. The molecule has 1 aromatic carbocycles. The summed E-state index contributed by atoms with van der Waals surface area (Å²) in [5.74, 6) is 1.59. The summed E-state index contributed by atoms with van der Waals surface area (Å²) in [7, 11) is 0. The van der Waals surface area contributed by atoms with Crippen LogP contribution in [0.15, 0.2) is 24.3 Å². The van der Waals surface area contributed by atoms with Crippen molar-refractivity contribution in [2.24, 2.45) is 0 Å². The lowest BCUT2D eigenvalue weighted by Gasteiger charge is -2.13. The molecule has 14 heavy (non-hydrogen) atoms. The maximum Gasteiger partial charge on any atom is 0.122 e. The van der Waals surface area contributed by atoms with Crippen LogP contribution in [0.2, 0.25) is 0 Å². The summed E-state index contributed by atoms with van der Waals surface area (Å²) < 4.78 is 5.74. The van der Waals surface area contributed by atoms with Crippen LogP contribution in [0.4, 0.5) is 0 Å². The van der Waals surface area contributed by atoms with Gasteiger partial charge in [-0.2, -0.15) is 0 Å². The molecular formula is C13H20O. The first-order valence-corrected chi connectivity index (χ1v) is 5.47. The van der Waals surface area contributed by atoms with E-state index in [-0.39, 0.29) is 0 Å². The smallest absolute Gasteiger partial charge is 0.122 e. The van der Waals surface area contributed by atoms with Gasteiger partial charge in [0.05, 0.1) is 6.61 Å². The number of unbranched alkanes of at least 4 members (excludes halogenated alkanes) is 1. The van der Waals surface area contributed by atoms with Gasteiger partial charge < -0.3 is 4.74 Å². The molecular weight excluding hydrogens is 172 g/mol. The zero-order valence-corrected chi connectivity index (χ0v) is 9.42. The molecule has 0 aliphatic rings. The zero-order valence-electron chi connectivity index (χ0n) is 9.42. The number of para-hydroxylation sites is 1. The highest BCUT2D eigenvalue weighted by Crippen LogP contribution is 2.25. The average Bonchev–Trinajstić information content (AvgIpc) is 2.19. The monoisotopic (exact) mass is 192 g/mol. The second kappa shape index (κ2) is 5.69. The standard InChI is InChI=1S/C13H20O/c1-4-5-10-14-13-9-7-6-8-12(13)11(2)3/h6-9,11H,4-5,10H2,1-3H3. The van der Waals surface area contributed by atoms with Gasteiger partial charge in [-0.15, -0.1) is 0 Å². The van der Waals surface area contributed by atoms with E-state index in [9.17, 15) is 0 Å². The normalized spacial score (nSPS) is 10.6. The van der Waals surface area contributed by atoms with E-state index < -0.39 is 0 Å². The molecule has 1 nitrogen and oxygen atoms in total. The van der Waals surface area contributed by atoms with E-state index >= 15 is 0 Å². The fourth-order valence-electron chi connectivity index (χ4n) is 1.42. The third-order valence-electron chi connectivity index (χ3n) is 2.30. The number of hydrogen-bond acceptors (Lipinski definition) is 1. The van der Waals surface area contributed by atoms with E-state index in [1.165, 1.54) is 12.0 Å². The van der Waals surface area contributed by atoms with Crippen molar-refractivity contribution in [3.05, 3.63) is 29.8 Å². The van der Waals surface area contributed by atoms with Gasteiger partial charge in [0.25, 0.3) is 0 Å². The fourth-order valence-corrected chi connectivity index (χ4v) is 1.42. The van der Waals surface area contributed by atoms with Gasteiger partial charge in [0.1, 0.15) is 5.75 Å². The molecule has 1 aromatic rings. The Kier molecular flexibility index (Phi) is 4.51. The molecule has 0 aromatic heterocycles. The van der Waals surface area contributed by atoms with Crippen LogP contribution in [0.25, 0.3) is 0 Å². The molecule has 0 fully saturated rings. The number of rotatable bonds is 5. The van der Waals surface area contributed by atoms with E-state index in [0.29, 0.717) is 5.92 Å². The van der Waals surface area contributed by atoms with Gasteiger partial charge in [0.15, 0.2) is 0 Å². The Morgan fingerprint density at radius 3 is 2.57 bits per heavy atom. The quantitative estimate of drug-likeness (QED) is 0.641. The third-order valence-corrected chi connectivity index (χ3v) is 2.30. The highest BCUT2D eigenvalue weighted by Gasteiger charge is 2.05. The SMILES string of the molecule is CCCCOc1ccccc1C(C)C. The molecule has 0 saturated carbocycles. The minimum atomic E-state index is 0.535. The lowest BCUT2D eigenvalue weighted by atomic mass is 10.0. The summed E-state index contributed by atoms with van der Waals surface area (Å²) in [5, 5.41) is 0. The van der Waals surface area contributed by atoms with Gasteiger partial charge in [-0.1, -0.05) is 45.4 Å². The van der Waals surface area contributed by atoms with Crippen LogP contribution in [0.1, 0.15) is 45.1 Å². The van der Waals surface area contributed by atoms with Crippen LogP contribution in [0.3, 0.4) is 0 Å². The van der Waals surface area contributed by atoms with E-state index in [4.69, 9.17) is 4.74 Å². The molecule has 0 aliphatic carbocycles. The Bertz CT molecular complexity index is 266. The van der Waals surface area contributed by atoms with Crippen molar-refractivity contribution in [1.82, 2.24) is 0 Å². The molecule has 0 heterocycles. The second-order valence-electron chi connectivity index (χ2n) is 3.89. The first-order valence-electron chi connectivity index (χ1n) is 5.47. The molecule has 0 saturated heterocycles. The fraction of sp³-hybridized carbons (Fsp3) is 0.538. The molecule has 0 spiro atoms. The number of hydrogen-bond donors (Lipinski definition) is 0. The molecule has 0 unspecified atom stereocenters. The van der Waals surface area contributed by atoms with Gasteiger partial charge in [0, 0.05) is 0 Å². The van der Waals surface area contributed by atoms with Crippen molar-refractivity contribution >= 4 is 0 Å². The lowest BCUT2D eigenvalue weighted by Crippen LogP contribution is -2.00. The van der Waals surface area contributed by atoms with Crippen molar-refractivity contribution < 1.29 is 4.74 Å². The van der Waals surface area contributed by atoms with Crippen LogP contribution in [-0.2, 0) is 0 Å². The molecule has 1 rings (SSSR count). The molecule has 0 aliphatic heterocycles. The van der Waals surface area contributed by atoms with Crippen molar-refractivity contribution in [1.29, 1.82) is 0 Å². The Hall–Kier alpha value is -0.980. The van der Waals surface area contributed by atoms with E-state index in [1.807, 2.05) is 6.07 Å². The van der Waals surface area contributed by atoms with Crippen LogP contribution in [0, 0.1) is 0 Å². The van der Waals surface area contributed by atoms with Crippen LogP contribution >= 0.6 is 0 Å². The van der Waals surface area contributed by atoms with Gasteiger partial charge in [0.2, 0.25) is 0 Å². The summed E-state index contributed by atoms with van der Waals surface area (Å²) in [6.07, 6.45) is 2.32. The topological polar surface area (TPSA) is 9.23 Å². The predicted molar refractivity (Wildman–Crippen MR) is 60.9 cm³/mol. The van der Waals surface area contributed by atoms with Crippen molar-refractivity contribution in [2.75, 3.05) is 6.61 Å². The highest BCUT2D eigenvalue weighted by molar-refractivity contribution is 5.35. The summed E-state index contributed by atoms with van der Waals surface area (Å²) in [5.41, 5.74) is 1.31. The maximum absolute atomic E-state index is 5.74. The summed E-state index contributed by atoms with van der Waals surface area (Å²) in [6.45, 7) is 7.40. The Morgan fingerprint density at radius 2 is 1.93 bits per heavy atom. The molecule has 0 amide bonds. The van der Waals surface area contributed by atoms with Gasteiger partial charge >= 0.3 is 0 Å². The van der Waals surface area contributed by atoms with Crippen molar-refractivity contribution in [2.45, 2.75) is 39.5 Å². The van der Waals surface area contributed by atoms with Crippen LogP contribution in [0.5, 0.6) is 5.75 Å². The number of benzene rings is 1. The van der Waals surface area contributed by atoms with E-state index in [1.54, 1.807) is 0 Å². The first kappa shape index (κ1) is 11.1. The first-order chi connectivity index (χ1) is 6.75. The maximum atomic E-state index is 5.74. The summed E-state index contributed by atoms with van der Waals surface area (Å²) >= 11 is 0. The van der Waals surface area contributed by atoms with Crippen LogP contribution < -0.4 is 4.74 Å². The Morgan fingerprint density at radius 1 is 1.21 bits per heavy atom. The Balaban J connectivity index is 2.64. The molecule has 0 N–H and O–H groups in total. The van der Waals surface area contributed by atoms with Crippen molar-refractivity contribution in [3.8, 4) is 5.75 Å². The average molecular weight is 192 g/mol. The molecule has 1 heteroatoms. The van der Waals surface area contributed by atoms with Gasteiger partial charge in [-0.3, -0.25) is 0 Å². The van der Waals surface area contributed by atoms with E-state index in [2.05, 4.69) is 39.0 Å². The minimum absolute atomic E-state index is 0.535. The lowest BCUT2D eigenvalue weighted by molar-refractivity contribution is 0.305. The predicted octanol–water partition coefficient (Wildman–Crippen LogP) is 3.99. The summed E-state index contributed by atoms with van der Waals surface area (Å²) in [6, 6.07) is 8.31. The molecule has 0 radical (unpaired) electrons. The minimum Gasteiger partial charge on any atom is -0.493 e. The summed E-state index contributed by atoms with van der Waals surface area (Å²) in [4.78, 5) is 0. The van der Waals surface area contributed by atoms with Gasteiger partial charge in [-0.05, 0) is 24.0 Å². The Labute approximate surface area is 87.1 Å². The molecule has 0 bridgehead atoms. The van der Waals surface area contributed by atoms with Crippen molar-refractivity contribution in [3.63, 3.8) is 0 Å². The van der Waals surface area contributed by atoms with E-state index in [0.717, 1.165) is 18.8 Å². The van der Waals surface area contributed by atoms with Crippen LogP contribution in [-0.4, -0.2) is 6.61 Å². The highest BCUT2D eigenvalue weighted by atomic mass is 16.5. The van der Waals surface area contributed by atoms with Gasteiger partial charge in [-0.25, -0.2) is 0 Å².